The number of halogens is 1. The SMILES string of the molecule is CNC(C)CNC(=O)c1ccc(S(=O)(=O)Nc2ccc(C)cc2)cc1.Cl. The number of nitrogens with one attached hydrogen (secondary N) is 3. The lowest BCUT2D eigenvalue weighted by atomic mass is 10.2. The largest absolute Gasteiger partial charge is 0.350 e. The fourth-order valence-corrected chi connectivity index (χ4v) is 3.13. The number of hydrogen-bond donors (Lipinski definition) is 3. The summed E-state index contributed by atoms with van der Waals surface area (Å²) in [5.41, 5.74) is 1.96. The second-order valence-corrected chi connectivity index (χ2v) is 7.58. The van der Waals surface area contributed by atoms with Crippen LogP contribution in [0.2, 0.25) is 0 Å². The van der Waals surface area contributed by atoms with Crippen LogP contribution in [-0.4, -0.2) is 34.0 Å². The molecule has 26 heavy (non-hydrogen) atoms. The molecule has 0 spiro atoms. The average molecular weight is 398 g/mol. The number of hydrogen-bond acceptors (Lipinski definition) is 4. The van der Waals surface area contributed by atoms with Crippen molar-refractivity contribution < 1.29 is 13.2 Å². The van der Waals surface area contributed by atoms with Gasteiger partial charge < -0.3 is 10.6 Å². The molecule has 2 aromatic carbocycles. The Morgan fingerprint density at radius 1 is 1.04 bits per heavy atom. The first kappa shape index (κ1) is 22.0. The maximum Gasteiger partial charge on any atom is 0.261 e. The summed E-state index contributed by atoms with van der Waals surface area (Å²) in [5, 5.41) is 5.81. The van der Waals surface area contributed by atoms with E-state index in [1.165, 1.54) is 24.3 Å². The summed E-state index contributed by atoms with van der Waals surface area (Å²) in [6, 6.07) is 13.1. The Morgan fingerprint density at radius 3 is 2.15 bits per heavy atom. The molecule has 1 unspecified atom stereocenters. The molecule has 0 heterocycles. The molecular weight excluding hydrogens is 374 g/mol. The number of carbonyl (C=O) groups is 1. The van der Waals surface area contributed by atoms with Crippen molar-refractivity contribution in [1.29, 1.82) is 0 Å². The van der Waals surface area contributed by atoms with Crippen molar-refractivity contribution in [2.24, 2.45) is 0 Å². The number of sulfonamides is 1. The molecule has 0 saturated carbocycles. The molecule has 2 rings (SSSR count). The minimum absolute atomic E-state index is 0. The molecule has 8 heteroatoms. The molecule has 1 amide bonds. The van der Waals surface area contributed by atoms with Crippen LogP contribution >= 0.6 is 12.4 Å². The van der Waals surface area contributed by atoms with Crippen molar-refractivity contribution in [3.8, 4) is 0 Å². The maximum absolute atomic E-state index is 12.4. The Kier molecular flexibility index (Phi) is 8.08. The van der Waals surface area contributed by atoms with Crippen molar-refractivity contribution in [1.82, 2.24) is 10.6 Å². The highest BCUT2D eigenvalue weighted by Gasteiger charge is 2.15. The molecule has 3 N–H and O–H groups in total. The van der Waals surface area contributed by atoms with Crippen molar-refractivity contribution in [3.63, 3.8) is 0 Å². The predicted molar refractivity (Wildman–Crippen MR) is 107 cm³/mol. The standard InChI is InChI=1S/C18H23N3O3S.ClH/c1-13-4-8-16(9-5-13)21-25(23,24)17-10-6-15(7-11-17)18(22)20-12-14(2)19-3;/h4-11,14,19,21H,12H2,1-3H3,(H,20,22);1H. The van der Waals surface area contributed by atoms with Gasteiger partial charge in [0.05, 0.1) is 4.90 Å². The van der Waals surface area contributed by atoms with Gasteiger partial charge in [0.15, 0.2) is 0 Å². The molecule has 6 nitrogen and oxygen atoms in total. The molecule has 1 atom stereocenters. The molecule has 0 aliphatic heterocycles. The lowest BCUT2D eigenvalue weighted by molar-refractivity contribution is 0.0950. The highest BCUT2D eigenvalue weighted by Crippen LogP contribution is 2.17. The lowest BCUT2D eigenvalue weighted by Gasteiger charge is -2.12. The summed E-state index contributed by atoms with van der Waals surface area (Å²) < 4.78 is 27.3. The van der Waals surface area contributed by atoms with Crippen molar-refractivity contribution in [2.75, 3.05) is 18.3 Å². The Labute approximate surface area is 160 Å². The average Bonchev–Trinajstić information content (AvgIpc) is 2.61. The normalized spacial score (nSPS) is 12.0. The van der Waals surface area contributed by atoms with E-state index in [1.54, 1.807) is 12.1 Å². The molecule has 0 radical (unpaired) electrons. The molecule has 0 fully saturated rings. The Bertz CT molecular complexity index is 822. The van der Waals surface area contributed by atoms with Crippen molar-refractivity contribution in [3.05, 3.63) is 59.7 Å². The summed E-state index contributed by atoms with van der Waals surface area (Å²) in [5.74, 6) is -0.238. The van der Waals surface area contributed by atoms with E-state index >= 15 is 0 Å². The van der Waals surface area contributed by atoms with E-state index in [2.05, 4.69) is 15.4 Å². The van der Waals surface area contributed by atoms with E-state index < -0.39 is 10.0 Å². The fraction of sp³-hybridized carbons (Fsp3) is 0.278. The number of amides is 1. The molecule has 0 saturated heterocycles. The quantitative estimate of drug-likeness (QED) is 0.670. The maximum atomic E-state index is 12.4. The molecule has 142 valence electrons. The molecule has 0 aliphatic rings. The first-order chi connectivity index (χ1) is 11.8. The van der Waals surface area contributed by atoms with Crippen molar-refractivity contribution >= 4 is 34.0 Å². The van der Waals surface area contributed by atoms with E-state index in [4.69, 9.17) is 0 Å². The third-order valence-electron chi connectivity index (χ3n) is 3.79. The minimum Gasteiger partial charge on any atom is -0.350 e. The van der Waals surface area contributed by atoms with Gasteiger partial charge in [-0.3, -0.25) is 9.52 Å². The predicted octanol–water partition coefficient (Wildman–Crippen LogP) is 2.56. The Hall–Kier alpha value is -2.09. The first-order valence-corrected chi connectivity index (χ1v) is 9.45. The summed E-state index contributed by atoms with van der Waals surface area (Å²) >= 11 is 0. The van der Waals surface area contributed by atoms with Crippen LogP contribution < -0.4 is 15.4 Å². The van der Waals surface area contributed by atoms with Crippen LogP contribution in [0, 0.1) is 6.92 Å². The van der Waals surface area contributed by atoms with Crippen LogP contribution in [0.5, 0.6) is 0 Å². The number of carbonyl (C=O) groups excluding carboxylic acids is 1. The lowest BCUT2D eigenvalue weighted by Crippen LogP contribution is -2.37. The highest BCUT2D eigenvalue weighted by molar-refractivity contribution is 7.92. The monoisotopic (exact) mass is 397 g/mol. The minimum atomic E-state index is -3.69. The molecule has 0 aliphatic carbocycles. The fourth-order valence-electron chi connectivity index (χ4n) is 2.07. The molecule has 0 aromatic heterocycles. The summed E-state index contributed by atoms with van der Waals surface area (Å²) in [6.07, 6.45) is 0. The topological polar surface area (TPSA) is 87.3 Å². The second kappa shape index (κ2) is 9.56. The van der Waals surface area contributed by atoms with E-state index in [-0.39, 0.29) is 29.3 Å². The van der Waals surface area contributed by atoms with Gasteiger partial charge in [-0.2, -0.15) is 0 Å². The van der Waals surface area contributed by atoms with Gasteiger partial charge >= 0.3 is 0 Å². The van der Waals surface area contributed by atoms with Crippen LogP contribution in [-0.2, 0) is 10.0 Å². The zero-order chi connectivity index (χ0) is 18.4. The van der Waals surface area contributed by atoms with Gasteiger partial charge in [0.2, 0.25) is 0 Å². The van der Waals surface area contributed by atoms with Gasteiger partial charge in [0.1, 0.15) is 0 Å². The van der Waals surface area contributed by atoms with E-state index in [0.717, 1.165) is 5.56 Å². The van der Waals surface area contributed by atoms with Gasteiger partial charge in [-0.25, -0.2) is 8.42 Å². The van der Waals surface area contributed by atoms with Gasteiger partial charge in [0.25, 0.3) is 15.9 Å². The second-order valence-electron chi connectivity index (χ2n) is 5.90. The summed E-state index contributed by atoms with van der Waals surface area (Å²) in [6.45, 7) is 4.37. The summed E-state index contributed by atoms with van der Waals surface area (Å²) in [7, 11) is -1.87. The van der Waals surface area contributed by atoms with Crippen LogP contribution in [0.3, 0.4) is 0 Å². The van der Waals surface area contributed by atoms with Gasteiger partial charge in [-0.05, 0) is 57.3 Å². The van der Waals surface area contributed by atoms with E-state index in [0.29, 0.717) is 17.8 Å². The van der Waals surface area contributed by atoms with E-state index in [1.807, 2.05) is 33.0 Å². The van der Waals surface area contributed by atoms with Crippen LogP contribution in [0.4, 0.5) is 5.69 Å². The smallest absolute Gasteiger partial charge is 0.261 e. The zero-order valence-electron chi connectivity index (χ0n) is 14.9. The van der Waals surface area contributed by atoms with Crippen molar-refractivity contribution in [2.45, 2.75) is 24.8 Å². The van der Waals surface area contributed by atoms with E-state index in [9.17, 15) is 13.2 Å². The Balaban J connectivity index is 0.00000338. The molecule has 0 bridgehead atoms. The van der Waals surface area contributed by atoms with Gasteiger partial charge in [0, 0.05) is 23.8 Å². The van der Waals surface area contributed by atoms with Gasteiger partial charge in [-0.15, -0.1) is 12.4 Å². The highest BCUT2D eigenvalue weighted by atomic mass is 35.5. The molecular formula is C18H24ClN3O3S. The molecule has 2 aromatic rings. The number of rotatable bonds is 7. The first-order valence-electron chi connectivity index (χ1n) is 7.97. The number of aryl methyl sites for hydroxylation is 1. The third kappa shape index (κ3) is 6.01. The zero-order valence-corrected chi connectivity index (χ0v) is 16.6. The number of likely N-dealkylation sites (N-methyl/N-ethyl adjacent to an activating group) is 1. The van der Waals surface area contributed by atoms with Gasteiger partial charge in [-0.1, -0.05) is 17.7 Å². The number of benzene rings is 2. The van der Waals surface area contributed by atoms with Crippen LogP contribution in [0.25, 0.3) is 0 Å². The Morgan fingerprint density at radius 2 is 1.62 bits per heavy atom. The van der Waals surface area contributed by atoms with Crippen LogP contribution in [0.15, 0.2) is 53.4 Å². The summed E-state index contributed by atoms with van der Waals surface area (Å²) in [4.78, 5) is 12.1. The number of anilines is 1. The van der Waals surface area contributed by atoms with Crippen LogP contribution in [0.1, 0.15) is 22.8 Å². The third-order valence-corrected chi connectivity index (χ3v) is 5.19.